The van der Waals surface area contributed by atoms with Gasteiger partial charge in [0.25, 0.3) is 0 Å². The number of aromatic nitrogens is 1. The molecular weight excluding hydrogens is 168 g/mol. The van der Waals surface area contributed by atoms with E-state index in [1.807, 2.05) is 6.07 Å². The number of rotatable bonds is 5. The van der Waals surface area contributed by atoms with Gasteiger partial charge in [-0.1, -0.05) is 0 Å². The minimum atomic E-state index is 0.0431. The second-order valence-corrected chi connectivity index (χ2v) is 2.63. The molecule has 2 N–H and O–H groups in total. The molecule has 0 aromatic carbocycles. The molecule has 0 unspecified atom stereocenters. The van der Waals surface area contributed by atoms with Crippen molar-refractivity contribution in [2.24, 2.45) is 0 Å². The van der Waals surface area contributed by atoms with Crippen molar-refractivity contribution in [3.8, 4) is 0 Å². The number of anilines is 1. The van der Waals surface area contributed by atoms with E-state index >= 15 is 0 Å². The van der Waals surface area contributed by atoms with Crippen molar-refractivity contribution in [3.63, 3.8) is 0 Å². The third kappa shape index (κ3) is 3.40. The molecule has 0 amide bonds. The second kappa shape index (κ2) is 5.50. The van der Waals surface area contributed by atoms with Gasteiger partial charge in [-0.25, -0.2) is 4.98 Å². The molecule has 4 heteroatoms. The highest BCUT2D eigenvalue weighted by molar-refractivity contribution is 5.37. The van der Waals surface area contributed by atoms with Crippen molar-refractivity contribution >= 4 is 5.82 Å². The fraction of sp³-hybridized carbons (Fsp3) is 0.444. The van der Waals surface area contributed by atoms with E-state index in [0.717, 1.165) is 17.9 Å². The van der Waals surface area contributed by atoms with Gasteiger partial charge >= 0.3 is 0 Å². The van der Waals surface area contributed by atoms with Crippen molar-refractivity contribution in [1.29, 1.82) is 0 Å². The highest BCUT2D eigenvalue weighted by Gasteiger charge is 1.94. The molecule has 0 bridgehead atoms. The van der Waals surface area contributed by atoms with Crippen LogP contribution in [0.5, 0.6) is 0 Å². The van der Waals surface area contributed by atoms with E-state index in [9.17, 15) is 0 Å². The lowest BCUT2D eigenvalue weighted by Gasteiger charge is -2.05. The SMILES string of the molecule is COCCNc1cc(CO)ccn1. The third-order valence-corrected chi connectivity index (χ3v) is 1.62. The van der Waals surface area contributed by atoms with E-state index in [0.29, 0.717) is 6.61 Å². The van der Waals surface area contributed by atoms with E-state index < -0.39 is 0 Å². The van der Waals surface area contributed by atoms with Crippen molar-refractivity contribution in [3.05, 3.63) is 23.9 Å². The van der Waals surface area contributed by atoms with Crippen molar-refractivity contribution in [2.75, 3.05) is 25.6 Å². The molecule has 13 heavy (non-hydrogen) atoms. The Balaban J connectivity index is 2.46. The number of aliphatic hydroxyl groups is 1. The first-order valence-corrected chi connectivity index (χ1v) is 4.15. The Morgan fingerprint density at radius 2 is 2.46 bits per heavy atom. The first-order valence-electron chi connectivity index (χ1n) is 4.15. The summed E-state index contributed by atoms with van der Waals surface area (Å²) >= 11 is 0. The van der Waals surface area contributed by atoms with Crippen molar-refractivity contribution < 1.29 is 9.84 Å². The summed E-state index contributed by atoms with van der Waals surface area (Å²) in [6.07, 6.45) is 1.67. The van der Waals surface area contributed by atoms with Crippen LogP contribution in [0.2, 0.25) is 0 Å². The zero-order valence-electron chi connectivity index (χ0n) is 7.66. The Hall–Kier alpha value is -1.13. The van der Waals surface area contributed by atoms with Crippen LogP contribution in [0.15, 0.2) is 18.3 Å². The van der Waals surface area contributed by atoms with Crippen LogP contribution >= 0.6 is 0 Å². The first-order chi connectivity index (χ1) is 6.36. The van der Waals surface area contributed by atoms with Gasteiger partial charge < -0.3 is 15.2 Å². The summed E-state index contributed by atoms with van der Waals surface area (Å²) in [5.74, 6) is 0.767. The van der Waals surface area contributed by atoms with E-state index in [-0.39, 0.29) is 6.61 Å². The van der Waals surface area contributed by atoms with Crippen LogP contribution < -0.4 is 5.32 Å². The average Bonchev–Trinajstić information content (AvgIpc) is 2.19. The highest BCUT2D eigenvalue weighted by atomic mass is 16.5. The predicted molar refractivity (Wildman–Crippen MR) is 50.5 cm³/mol. The van der Waals surface area contributed by atoms with E-state index in [2.05, 4.69) is 10.3 Å². The van der Waals surface area contributed by atoms with E-state index in [4.69, 9.17) is 9.84 Å². The van der Waals surface area contributed by atoms with E-state index in [1.165, 1.54) is 0 Å². The van der Waals surface area contributed by atoms with Gasteiger partial charge in [0, 0.05) is 19.9 Å². The number of pyridine rings is 1. The number of hydrogen-bond donors (Lipinski definition) is 2. The minimum Gasteiger partial charge on any atom is -0.392 e. The van der Waals surface area contributed by atoms with Gasteiger partial charge in [0.15, 0.2) is 0 Å². The molecule has 4 nitrogen and oxygen atoms in total. The molecule has 1 heterocycles. The quantitative estimate of drug-likeness (QED) is 0.656. The molecule has 0 aliphatic carbocycles. The Kier molecular flexibility index (Phi) is 4.21. The molecule has 1 rings (SSSR count). The van der Waals surface area contributed by atoms with Crippen LogP contribution in [-0.4, -0.2) is 30.4 Å². The van der Waals surface area contributed by atoms with Crippen LogP contribution in [0.25, 0.3) is 0 Å². The summed E-state index contributed by atoms with van der Waals surface area (Å²) in [7, 11) is 1.65. The monoisotopic (exact) mass is 182 g/mol. The lowest BCUT2D eigenvalue weighted by Crippen LogP contribution is -2.08. The van der Waals surface area contributed by atoms with Crippen molar-refractivity contribution in [2.45, 2.75) is 6.61 Å². The topological polar surface area (TPSA) is 54.4 Å². The summed E-state index contributed by atoms with van der Waals surface area (Å²) < 4.78 is 4.88. The highest BCUT2D eigenvalue weighted by Crippen LogP contribution is 2.05. The number of methoxy groups -OCH3 is 1. The maximum atomic E-state index is 8.85. The smallest absolute Gasteiger partial charge is 0.126 e. The molecular formula is C9H14N2O2. The molecule has 0 saturated heterocycles. The Morgan fingerprint density at radius 1 is 1.62 bits per heavy atom. The molecule has 0 saturated carbocycles. The van der Waals surface area contributed by atoms with Crippen LogP contribution in [-0.2, 0) is 11.3 Å². The number of nitrogens with one attached hydrogen (secondary N) is 1. The maximum absolute atomic E-state index is 8.85. The summed E-state index contributed by atoms with van der Waals surface area (Å²) in [6, 6.07) is 3.59. The van der Waals surface area contributed by atoms with E-state index in [1.54, 1.807) is 19.4 Å². The van der Waals surface area contributed by atoms with Crippen LogP contribution in [0, 0.1) is 0 Å². The average molecular weight is 182 g/mol. The number of aliphatic hydroxyl groups excluding tert-OH is 1. The fourth-order valence-corrected chi connectivity index (χ4v) is 0.950. The van der Waals surface area contributed by atoms with Gasteiger partial charge in [0.1, 0.15) is 5.82 Å². The number of nitrogens with zero attached hydrogens (tertiary/aromatic N) is 1. The molecule has 0 aliphatic heterocycles. The lowest BCUT2D eigenvalue weighted by atomic mass is 10.3. The number of ether oxygens (including phenoxy) is 1. The zero-order chi connectivity index (χ0) is 9.52. The summed E-state index contributed by atoms with van der Waals surface area (Å²) in [5.41, 5.74) is 0.856. The summed E-state index contributed by atoms with van der Waals surface area (Å²) in [5, 5.41) is 11.9. The molecule has 72 valence electrons. The minimum absolute atomic E-state index is 0.0431. The largest absolute Gasteiger partial charge is 0.392 e. The normalized spacial score (nSPS) is 10.0. The van der Waals surface area contributed by atoms with Crippen LogP contribution in [0.3, 0.4) is 0 Å². The van der Waals surface area contributed by atoms with Crippen molar-refractivity contribution in [1.82, 2.24) is 4.98 Å². The molecule has 1 aromatic rings. The predicted octanol–water partition coefficient (Wildman–Crippen LogP) is 0.632. The first kappa shape index (κ1) is 9.95. The van der Waals surface area contributed by atoms with Gasteiger partial charge in [0.05, 0.1) is 13.2 Å². The Bertz CT molecular complexity index is 253. The summed E-state index contributed by atoms with van der Waals surface area (Å²) in [6.45, 7) is 1.41. The standard InChI is InChI=1S/C9H14N2O2/c1-13-5-4-11-9-6-8(7-12)2-3-10-9/h2-3,6,12H,4-5,7H2,1H3,(H,10,11). The fourth-order valence-electron chi connectivity index (χ4n) is 0.950. The van der Waals surface area contributed by atoms with Gasteiger partial charge in [-0.2, -0.15) is 0 Å². The van der Waals surface area contributed by atoms with Gasteiger partial charge in [-0.3, -0.25) is 0 Å². The van der Waals surface area contributed by atoms with Gasteiger partial charge in [-0.05, 0) is 17.7 Å². The molecule has 0 fully saturated rings. The lowest BCUT2D eigenvalue weighted by molar-refractivity contribution is 0.210. The summed E-state index contributed by atoms with van der Waals surface area (Å²) in [4.78, 5) is 4.08. The Labute approximate surface area is 77.6 Å². The Morgan fingerprint density at radius 3 is 3.15 bits per heavy atom. The number of hydrogen-bond acceptors (Lipinski definition) is 4. The van der Waals surface area contributed by atoms with Gasteiger partial charge in [0.2, 0.25) is 0 Å². The third-order valence-electron chi connectivity index (χ3n) is 1.62. The molecule has 0 spiro atoms. The van der Waals surface area contributed by atoms with Crippen LogP contribution in [0.1, 0.15) is 5.56 Å². The second-order valence-electron chi connectivity index (χ2n) is 2.63. The molecule has 0 radical (unpaired) electrons. The molecule has 0 aliphatic rings. The maximum Gasteiger partial charge on any atom is 0.126 e. The van der Waals surface area contributed by atoms with Gasteiger partial charge in [-0.15, -0.1) is 0 Å². The van der Waals surface area contributed by atoms with Crippen LogP contribution in [0.4, 0.5) is 5.82 Å². The molecule has 0 atom stereocenters. The molecule has 1 aromatic heterocycles. The zero-order valence-corrected chi connectivity index (χ0v) is 7.66.